The number of urea groups is 1. The maximum absolute atomic E-state index is 12.3. The Hall–Kier alpha value is -1.20. The molecule has 0 aliphatic carbocycles. The molecule has 0 spiro atoms. The number of carbonyl (C=O) groups excluding carboxylic acids is 1. The van der Waals surface area contributed by atoms with Gasteiger partial charge in [0, 0.05) is 40.9 Å². The second kappa shape index (κ2) is 6.92. The van der Waals surface area contributed by atoms with Crippen molar-refractivity contribution in [3.63, 3.8) is 0 Å². The number of aliphatic hydroxyl groups excluding tert-OH is 1. The number of thioether (sulfide) groups is 1. The lowest BCUT2D eigenvalue weighted by Crippen LogP contribution is -2.33. The highest BCUT2D eigenvalue weighted by Crippen LogP contribution is 2.33. The van der Waals surface area contributed by atoms with Crippen LogP contribution >= 0.6 is 11.8 Å². The molecule has 22 heavy (non-hydrogen) atoms. The van der Waals surface area contributed by atoms with Gasteiger partial charge in [-0.25, -0.2) is 4.79 Å². The lowest BCUT2D eigenvalue weighted by molar-refractivity contribution is 0.208. The number of hydrogen-bond donors (Lipinski definition) is 2. The van der Waals surface area contributed by atoms with E-state index < -0.39 is 0 Å². The second-order valence-electron chi connectivity index (χ2n) is 6.90. The van der Waals surface area contributed by atoms with Crippen LogP contribution in [0, 0.1) is 12.8 Å². The molecule has 4 nitrogen and oxygen atoms in total. The Balaban J connectivity index is 2.00. The van der Waals surface area contributed by atoms with E-state index in [4.69, 9.17) is 5.11 Å². The molecule has 2 amide bonds. The van der Waals surface area contributed by atoms with Gasteiger partial charge in [0.2, 0.25) is 0 Å². The molecule has 1 atom stereocenters. The molecule has 2 rings (SSSR count). The van der Waals surface area contributed by atoms with Gasteiger partial charge in [0.05, 0.1) is 0 Å². The van der Waals surface area contributed by atoms with E-state index >= 15 is 0 Å². The van der Waals surface area contributed by atoms with E-state index in [-0.39, 0.29) is 23.3 Å². The first-order valence-electron chi connectivity index (χ1n) is 7.75. The Kier molecular flexibility index (Phi) is 5.40. The summed E-state index contributed by atoms with van der Waals surface area (Å²) in [4.78, 5) is 15.3. The molecule has 1 heterocycles. The van der Waals surface area contributed by atoms with Gasteiger partial charge in [0.15, 0.2) is 0 Å². The summed E-state index contributed by atoms with van der Waals surface area (Å²) in [5.74, 6) is 0.220. The fraction of sp³-hybridized carbons (Fsp3) is 0.588. The zero-order chi connectivity index (χ0) is 16.3. The molecule has 1 aromatic carbocycles. The monoisotopic (exact) mass is 322 g/mol. The summed E-state index contributed by atoms with van der Waals surface area (Å²) in [6.07, 6.45) is 0.879. The quantitative estimate of drug-likeness (QED) is 0.834. The molecule has 1 saturated heterocycles. The summed E-state index contributed by atoms with van der Waals surface area (Å²) >= 11 is 1.82. The topological polar surface area (TPSA) is 52.6 Å². The number of nitrogens with one attached hydrogen (secondary N) is 1. The maximum Gasteiger partial charge on any atom is 0.321 e. The Morgan fingerprint density at radius 1 is 1.45 bits per heavy atom. The molecule has 1 unspecified atom stereocenters. The van der Waals surface area contributed by atoms with Crippen molar-refractivity contribution < 1.29 is 9.90 Å². The Labute approximate surface area is 137 Å². The van der Waals surface area contributed by atoms with Crippen LogP contribution in [0.1, 0.15) is 32.8 Å². The third kappa shape index (κ3) is 4.65. The normalized spacial score (nSPS) is 18.6. The fourth-order valence-electron chi connectivity index (χ4n) is 2.55. The molecule has 1 aliphatic heterocycles. The minimum Gasteiger partial charge on any atom is -0.396 e. The Morgan fingerprint density at radius 3 is 2.73 bits per heavy atom. The van der Waals surface area contributed by atoms with E-state index in [0.717, 1.165) is 17.7 Å². The fourth-order valence-corrected chi connectivity index (χ4v) is 3.63. The molecule has 1 fully saturated rings. The first-order valence-corrected chi connectivity index (χ1v) is 8.56. The summed E-state index contributed by atoms with van der Waals surface area (Å²) in [6, 6.07) is 6.07. The van der Waals surface area contributed by atoms with Gasteiger partial charge in [0.25, 0.3) is 0 Å². The van der Waals surface area contributed by atoms with Crippen LogP contribution < -0.4 is 5.32 Å². The van der Waals surface area contributed by atoms with Crippen LogP contribution in [-0.2, 0) is 0 Å². The smallest absolute Gasteiger partial charge is 0.321 e. The summed E-state index contributed by atoms with van der Waals surface area (Å²) < 4.78 is 0.173. The molecule has 0 radical (unpaired) electrons. The van der Waals surface area contributed by atoms with Crippen molar-refractivity contribution in [2.45, 2.75) is 43.8 Å². The molecule has 0 bridgehead atoms. The van der Waals surface area contributed by atoms with Crippen molar-refractivity contribution in [2.24, 2.45) is 5.92 Å². The second-order valence-corrected chi connectivity index (χ2v) is 8.80. The molecule has 1 aliphatic rings. The molecule has 0 aromatic heterocycles. The number of anilines is 1. The Bertz CT molecular complexity index is 540. The van der Waals surface area contributed by atoms with Crippen molar-refractivity contribution >= 4 is 23.5 Å². The van der Waals surface area contributed by atoms with Crippen LogP contribution in [0.4, 0.5) is 10.5 Å². The maximum atomic E-state index is 12.3. The average molecular weight is 322 g/mol. The summed E-state index contributed by atoms with van der Waals surface area (Å²) in [7, 11) is 0. The van der Waals surface area contributed by atoms with E-state index in [2.05, 4.69) is 38.2 Å². The van der Waals surface area contributed by atoms with Crippen LogP contribution in [-0.4, -0.2) is 40.5 Å². The highest BCUT2D eigenvalue weighted by molar-refractivity contribution is 8.00. The molecule has 1 aromatic rings. The third-order valence-electron chi connectivity index (χ3n) is 3.69. The Morgan fingerprint density at radius 2 is 2.18 bits per heavy atom. The number of aliphatic hydroxyl groups is 1. The largest absolute Gasteiger partial charge is 0.396 e. The van der Waals surface area contributed by atoms with Gasteiger partial charge >= 0.3 is 6.03 Å². The molecule has 0 saturated carbocycles. The zero-order valence-corrected chi connectivity index (χ0v) is 14.7. The van der Waals surface area contributed by atoms with Crippen LogP contribution in [0.15, 0.2) is 23.1 Å². The van der Waals surface area contributed by atoms with Crippen molar-refractivity contribution in [2.75, 3.05) is 25.0 Å². The molecule has 122 valence electrons. The van der Waals surface area contributed by atoms with E-state index in [1.165, 1.54) is 4.90 Å². The SMILES string of the molecule is Cc1cc(SC(C)(C)C)ccc1NC(=O)N1CCC(CO)C1. The number of amides is 2. The minimum atomic E-state index is -0.0738. The van der Waals surface area contributed by atoms with E-state index in [0.29, 0.717) is 13.1 Å². The van der Waals surface area contributed by atoms with E-state index in [9.17, 15) is 4.79 Å². The number of benzene rings is 1. The lowest BCUT2D eigenvalue weighted by atomic mass is 10.1. The zero-order valence-electron chi connectivity index (χ0n) is 13.8. The van der Waals surface area contributed by atoms with Gasteiger partial charge in [-0.15, -0.1) is 11.8 Å². The number of likely N-dealkylation sites (tertiary alicyclic amines) is 1. The van der Waals surface area contributed by atoms with Crippen molar-refractivity contribution in [1.82, 2.24) is 4.90 Å². The van der Waals surface area contributed by atoms with Gasteiger partial charge in [0.1, 0.15) is 0 Å². The standard InChI is InChI=1S/C17H26N2O2S/c1-12-9-14(22-17(2,3)4)5-6-15(12)18-16(21)19-8-7-13(10-19)11-20/h5-6,9,13,20H,7-8,10-11H2,1-4H3,(H,18,21). The number of carbonyl (C=O) groups is 1. The molecular formula is C17H26N2O2S. The van der Waals surface area contributed by atoms with Crippen molar-refractivity contribution in [3.8, 4) is 0 Å². The van der Waals surface area contributed by atoms with E-state index in [1.54, 1.807) is 4.90 Å². The van der Waals surface area contributed by atoms with Crippen LogP contribution in [0.3, 0.4) is 0 Å². The van der Waals surface area contributed by atoms with Gasteiger partial charge in [-0.05, 0) is 37.1 Å². The van der Waals surface area contributed by atoms with Crippen molar-refractivity contribution in [3.05, 3.63) is 23.8 Å². The highest BCUT2D eigenvalue weighted by atomic mass is 32.2. The molecule has 2 N–H and O–H groups in total. The van der Waals surface area contributed by atoms with Crippen molar-refractivity contribution in [1.29, 1.82) is 0 Å². The number of aryl methyl sites for hydroxylation is 1. The summed E-state index contributed by atoms with van der Waals surface area (Å²) in [5.41, 5.74) is 1.93. The predicted molar refractivity (Wildman–Crippen MR) is 92.6 cm³/mol. The average Bonchev–Trinajstić information content (AvgIpc) is 2.89. The number of nitrogens with zero attached hydrogens (tertiary/aromatic N) is 1. The van der Waals surface area contributed by atoms with Gasteiger partial charge in [-0.1, -0.05) is 20.8 Å². The minimum absolute atomic E-state index is 0.0738. The molecule has 5 heteroatoms. The van der Waals surface area contributed by atoms with Crippen LogP contribution in [0.5, 0.6) is 0 Å². The van der Waals surface area contributed by atoms with Gasteiger partial charge in [-0.2, -0.15) is 0 Å². The molecular weight excluding hydrogens is 296 g/mol. The predicted octanol–water partition coefficient (Wildman–Crippen LogP) is 3.73. The van der Waals surface area contributed by atoms with Gasteiger partial charge in [-0.3, -0.25) is 0 Å². The lowest BCUT2D eigenvalue weighted by Gasteiger charge is -2.20. The van der Waals surface area contributed by atoms with Crippen LogP contribution in [0.2, 0.25) is 0 Å². The third-order valence-corrected chi connectivity index (χ3v) is 4.80. The summed E-state index contributed by atoms with van der Waals surface area (Å²) in [5, 5.41) is 12.1. The van der Waals surface area contributed by atoms with Crippen LogP contribution in [0.25, 0.3) is 0 Å². The first kappa shape index (κ1) is 17.2. The van der Waals surface area contributed by atoms with E-state index in [1.807, 2.05) is 24.8 Å². The van der Waals surface area contributed by atoms with Gasteiger partial charge < -0.3 is 15.3 Å². The number of hydrogen-bond acceptors (Lipinski definition) is 3. The first-order chi connectivity index (χ1) is 10.3. The highest BCUT2D eigenvalue weighted by Gasteiger charge is 2.25. The summed E-state index contributed by atoms with van der Waals surface area (Å²) in [6.45, 7) is 10.1. The number of rotatable bonds is 3.